The summed E-state index contributed by atoms with van der Waals surface area (Å²) < 4.78 is 25.6. The number of fused-ring (bicyclic) bond motifs is 1. The summed E-state index contributed by atoms with van der Waals surface area (Å²) in [5.74, 6) is 1.35. The van der Waals surface area contributed by atoms with Crippen LogP contribution in [0.1, 0.15) is 32.6 Å². The number of hydrogen-bond donors (Lipinski definition) is 0. The summed E-state index contributed by atoms with van der Waals surface area (Å²) in [6, 6.07) is 12.3. The number of thioether (sulfide) groups is 1. The summed E-state index contributed by atoms with van der Waals surface area (Å²) in [7, 11) is 0. The first-order valence-electron chi connectivity index (χ1n) is 11.0. The van der Waals surface area contributed by atoms with Crippen LogP contribution < -0.4 is 9.64 Å². The summed E-state index contributed by atoms with van der Waals surface area (Å²) in [4.78, 5) is 20.8. The highest BCUT2D eigenvalue weighted by molar-refractivity contribution is 7.99. The van der Waals surface area contributed by atoms with Crippen molar-refractivity contribution in [2.45, 2.75) is 43.6 Å². The standard InChI is InChI=1S/C24H27FN2O3S2/c1-2-29-20-7-3-8-21-23(20)26-24(32-21)27(16-18-6-4-14-30-18)22(28)9-5-15-31-19-12-10-17(25)11-13-19/h3,7-8,10-13,18H,2,4-6,9,14-16H2,1H3. The monoisotopic (exact) mass is 474 g/mol. The number of halogens is 1. The van der Waals surface area contributed by atoms with Gasteiger partial charge in [0.25, 0.3) is 0 Å². The van der Waals surface area contributed by atoms with Gasteiger partial charge in [0.1, 0.15) is 17.1 Å². The number of benzene rings is 2. The number of nitrogens with zero attached hydrogens (tertiary/aromatic N) is 2. The lowest BCUT2D eigenvalue weighted by molar-refractivity contribution is -0.119. The highest BCUT2D eigenvalue weighted by atomic mass is 32.2. The summed E-state index contributed by atoms with van der Waals surface area (Å²) in [6.45, 7) is 3.78. The Morgan fingerprint density at radius 2 is 2.16 bits per heavy atom. The van der Waals surface area contributed by atoms with E-state index in [1.807, 2.05) is 25.1 Å². The van der Waals surface area contributed by atoms with Crippen molar-refractivity contribution in [3.63, 3.8) is 0 Å². The summed E-state index contributed by atoms with van der Waals surface area (Å²) >= 11 is 3.14. The van der Waals surface area contributed by atoms with E-state index in [1.165, 1.54) is 23.5 Å². The van der Waals surface area contributed by atoms with Crippen LogP contribution in [0.25, 0.3) is 10.2 Å². The fraction of sp³-hybridized carbons (Fsp3) is 0.417. The molecule has 4 rings (SSSR count). The van der Waals surface area contributed by atoms with Crippen molar-refractivity contribution in [1.82, 2.24) is 4.98 Å². The van der Waals surface area contributed by atoms with Crippen molar-refractivity contribution in [3.05, 3.63) is 48.3 Å². The Kier molecular flexibility index (Phi) is 8.00. The zero-order chi connectivity index (χ0) is 22.3. The molecule has 8 heteroatoms. The van der Waals surface area contributed by atoms with Crippen LogP contribution in [0.2, 0.25) is 0 Å². The molecule has 0 bridgehead atoms. The topological polar surface area (TPSA) is 51.7 Å². The van der Waals surface area contributed by atoms with Crippen LogP contribution in [0.4, 0.5) is 9.52 Å². The van der Waals surface area contributed by atoms with Gasteiger partial charge < -0.3 is 9.47 Å². The molecule has 1 atom stereocenters. The third-order valence-electron chi connectivity index (χ3n) is 5.23. The molecule has 1 aromatic heterocycles. The first-order valence-corrected chi connectivity index (χ1v) is 12.8. The lowest BCUT2D eigenvalue weighted by Crippen LogP contribution is -2.37. The molecule has 0 saturated carbocycles. The van der Waals surface area contributed by atoms with Gasteiger partial charge in [0, 0.05) is 17.9 Å². The van der Waals surface area contributed by atoms with Gasteiger partial charge in [-0.25, -0.2) is 9.37 Å². The molecule has 2 aromatic carbocycles. The average Bonchev–Trinajstić information content (AvgIpc) is 3.46. The molecule has 170 valence electrons. The minimum Gasteiger partial charge on any atom is -0.492 e. The average molecular weight is 475 g/mol. The molecule has 32 heavy (non-hydrogen) atoms. The van der Waals surface area contributed by atoms with Gasteiger partial charge in [0.05, 0.1) is 24.0 Å². The molecule has 2 heterocycles. The number of rotatable bonds is 10. The number of anilines is 1. The largest absolute Gasteiger partial charge is 0.492 e. The summed E-state index contributed by atoms with van der Waals surface area (Å²) in [5.41, 5.74) is 0.798. The quantitative estimate of drug-likeness (QED) is 0.270. The molecule has 1 saturated heterocycles. The maximum Gasteiger partial charge on any atom is 0.228 e. The second-order valence-electron chi connectivity index (χ2n) is 7.58. The van der Waals surface area contributed by atoms with Gasteiger partial charge in [-0.3, -0.25) is 9.69 Å². The first kappa shape index (κ1) is 23.0. The van der Waals surface area contributed by atoms with Crippen molar-refractivity contribution in [2.75, 3.05) is 30.4 Å². The lowest BCUT2D eigenvalue weighted by atomic mass is 10.2. The number of aromatic nitrogens is 1. The van der Waals surface area contributed by atoms with Crippen molar-refractivity contribution >= 4 is 44.4 Å². The maximum absolute atomic E-state index is 13.2. The van der Waals surface area contributed by atoms with Crippen molar-refractivity contribution in [1.29, 1.82) is 0 Å². The normalized spacial score (nSPS) is 15.9. The van der Waals surface area contributed by atoms with E-state index in [9.17, 15) is 9.18 Å². The fourth-order valence-electron chi connectivity index (χ4n) is 3.66. The molecule has 3 aromatic rings. The van der Waals surface area contributed by atoms with Crippen molar-refractivity contribution in [3.8, 4) is 5.75 Å². The molecule has 1 aliphatic rings. The molecule has 0 aliphatic carbocycles. The van der Waals surface area contributed by atoms with Gasteiger partial charge in [0.15, 0.2) is 5.13 Å². The third-order valence-corrected chi connectivity index (χ3v) is 7.37. The van der Waals surface area contributed by atoms with Crippen molar-refractivity contribution in [2.24, 2.45) is 0 Å². The molecule has 0 N–H and O–H groups in total. The van der Waals surface area contributed by atoms with Gasteiger partial charge in [-0.1, -0.05) is 17.4 Å². The number of thiazole rings is 1. The molecule has 1 aliphatic heterocycles. The molecular weight excluding hydrogens is 447 g/mol. The number of carbonyl (C=O) groups is 1. The lowest BCUT2D eigenvalue weighted by Gasteiger charge is -2.23. The molecule has 5 nitrogen and oxygen atoms in total. The van der Waals surface area contributed by atoms with E-state index >= 15 is 0 Å². The maximum atomic E-state index is 13.2. The van der Waals surface area contributed by atoms with Crippen LogP contribution in [0.3, 0.4) is 0 Å². The second kappa shape index (κ2) is 11.1. The minimum atomic E-state index is -0.238. The molecule has 1 amide bonds. The smallest absolute Gasteiger partial charge is 0.228 e. The van der Waals surface area contributed by atoms with Crippen molar-refractivity contribution < 1.29 is 18.7 Å². The predicted octanol–water partition coefficient (Wildman–Crippen LogP) is 5.92. The van der Waals surface area contributed by atoms with Crippen LogP contribution in [-0.4, -0.2) is 42.5 Å². The number of amides is 1. The SMILES string of the molecule is CCOc1cccc2sc(N(CC3CCCO3)C(=O)CCCSc3ccc(F)cc3)nc12. The van der Waals surface area contributed by atoms with Gasteiger partial charge in [-0.2, -0.15) is 0 Å². The van der Waals surface area contributed by atoms with Crippen LogP contribution in [0.5, 0.6) is 5.75 Å². The van der Waals surface area contributed by atoms with Crippen LogP contribution >= 0.6 is 23.1 Å². The number of carbonyl (C=O) groups excluding carboxylic acids is 1. The summed E-state index contributed by atoms with van der Waals surface area (Å²) in [6.07, 6.45) is 3.19. The van der Waals surface area contributed by atoms with Crippen LogP contribution in [0, 0.1) is 5.82 Å². The molecular formula is C24H27FN2O3S2. The minimum absolute atomic E-state index is 0.0471. The third kappa shape index (κ3) is 5.79. The molecule has 1 fully saturated rings. The predicted molar refractivity (Wildman–Crippen MR) is 128 cm³/mol. The van der Waals surface area contributed by atoms with Gasteiger partial charge in [-0.05, 0) is 68.3 Å². The van der Waals surface area contributed by atoms with Gasteiger partial charge >= 0.3 is 0 Å². The van der Waals surface area contributed by atoms with E-state index in [2.05, 4.69) is 0 Å². The summed E-state index contributed by atoms with van der Waals surface area (Å²) in [5, 5.41) is 0.693. The van der Waals surface area contributed by atoms with Gasteiger partial charge in [-0.15, -0.1) is 11.8 Å². The van der Waals surface area contributed by atoms with E-state index in [4.69, 9.17) is 14.5 Å². The number of ether oxygens (including phenoxy) is 2. The van der Waals surface area contributed by atoms with E-state index in [0.29, 0.717) is 24.7 Å². The second-order valence-corrected chi connectivity index (χ2v) is 9.76. The Labute approximate surface area is 195 Å². The number of hydrogen-bond acceptors (Lipinski definition) is 6. The molecule has 0 radical (unpaired) electrons. The van der Waals surface area contributed by atoms with E-state index < -0.39 is 0 Å². The zero-order valence-electron chi connectivity index (χ0n) is 18.1. The highest BCUT2D eigenvalue weighted by Gasteiger charge is 2.26. The Bertz CT molecular complexity index is 1040. The Hall–Kier alpha value is -2.16. The number of para-hydroxylation sites is 1. The Morgan fingerprint density at radius 1 is 1.31 bits per heavy atom. The highest BCUT2D eigenvalue weighted by Crippen LogP contribution is 2.35. The Balaban J connectivity index is 1.45. The van der Waals surface area contributed by atoms with Gasteiger partial charge in [0.2, 0.25) is 5.91 Å². The Morgan fingerprint density at radius 3 is 2.91 bits per heavy atom. The molecule has 0 spiro atoms. The first-order chi connectivity index (χ1) is 15.6. The zero-order valence-corrected chi connectivity index (χ0v) is 19.7. The van der Waals surface area contributed by atoms with E-state index in [0.717, 1.165) is 52.5 Å². The van der Waals surface area contributed by atoms with E-state index in [1.54, 1.807) is 28.8 Å². The molecule has 1 unspecified atom stereocenters. The van der Waals surface area contributed by atoms with E-state index in [-0.39, 0.29) is 17.8 Å². The fourth-order valence-corrected chi connectivity index (χ4v) is 5.52. The van der Waals surface area contributed by atoms with Crippen LogP contribution in [-0.2, 0) is 9.53 Å². The van der Waals surface area contributed by atoms with Crippen LogP contribution in [0.15, 0.2) is 47.4 Å².